The summed E-state index contributed by atoms with van der Waals surface area (Å²) in [6, 6.07) is 8.92. The number of nitrogens with two attached hydrogens (primary N) is 1. The fraction of sp³-hybridized carbons (Fsp3) is 0.278. The SMILES string of the molecule is NC(=O)C(c1ccc(Cl)cc1)N1CCN(c2ncnc3sccc23)CC1. The lowest BCUT2D eigenvalue weighted by atomic mass is 10.0. The van der Waals surface area contributed by atoms with Crippen LogP contribution in [0.4, 0.5) is 5.82 Å². The summed E-state index contributed by atoms with van der Waals surface area (Å²) in [4.78, 5) is 26.2. The summed E-state index contributed by atoms with van der Waals surface area (Å²) in [5.41, 5.74) is 6.57. The van der Waals surface area contributed by atoms with Crippen molar-refractivity contribution in [2.24, 2.45) is 5.73 Å². The van der Waals surface area contributed by atoms with Gasteiger partial charge < -0.3 is 10.6 Å². The molecule has 1 unspecified atom stereocenters. The van der Waals surface area contributed by atoms with E-state index in [0.29, 0.717) is 5.02 Å². The molecule has 26 heavy (non-hydrogen) atoms. The maximum Gasteiger partial charge on any atom is 0.239 e. The molecule has 6 nitrogen and oxygen atoms in total. The highest BCUT2D eigenvalue weighted by atomic mass is 35.5. The first-order chi connectivity index (χ1) is 12.6. The Morgan fingerprint density at radius 1 is 1.12 bits per heavy atom. The highest BCUT2D eigenvalue weighted by Gasteiger charge is 2.29. The van der Waals surface area contributed by atoms with E-state index < -0.39 is 6.04 Å². The molecule has 0 bridgehead atoms. The zero-order valence-corrected chi connectivity index (χ0v) is 15.6. The van der Waals surface area contributed by atoms with Crippen molar-refractivity contribution in [2.75, 3.05) is 31.1 Å². The Kier molecular flexibility index (Phi) is 4.76. The molecule has 1 atom stereocenters. The van der Waals surface area contributed by atoms with Crippen LogP contribution in [0.1, 0.15) is 11.6 Å². The Bertz CT molecular complexity index is 921. The van der Waals surface area contributed by atoms with E-state index >= 15 is 0 Å². The number of benzene rings is 1. The topological polar surface area (TPSA) is 75.4 Å². The van der Waals surface area contributed by atoms with Crippen molar-refractivity contribution >= 4 is 44.9 Å². The summed E-state index contributed by atoms with van der Waals surface area (Å²) in [5.74, 6) is 0.612. The predicted octanol–water partition coefficient (Wildman–Crippen LogP) is 2.69. The summed E-state index contributed by atoms with van der Waals surface area (Å²) in [7, 11) is 0. The van der Waals surface area contributed by atoms with Crippen LogP contribution < -0.4 is 10.6 Å². The molecule has 3 aromatic rings. The molecule has 2 aromatic heterocycles. The number of hydrogen-bond donors (Lipinski definition) is 1. The number of nitrogens with zero attached hydrogens (tertiary/aromatic N) is 4. The van der Waals surface area contributed by atoms with Gasteiger partial charge in [-0.05, 0) is 29.1 Å². The third-order valence-corrected chi connectivity index (χ3v) is 5.75. The molecule has 1 aliphatic rings. The van der Waals surface area contributed by atoms with Crippen molar-refractivity contribution in [1.29, 1.82) is 0 Å². The number of thiophene rings is 1. The predicted molar refractivity (Wildman–Crippen MR) is 105 cm³/mol. The number of carbonyl (C=O) groups excluding carboxylic acids is 1. The third kappa shape index (κ3) is 3.25. The van der Waals surface area contributed by atoms with Gasteiger partial charge in [-0.15, -0.1) is 11.3 Å². The van der Waals surface area contributed by atoms with E-state index in [1.165, 1.54) is 0 Å². The number of rotatable bonds is 4. The van der Waals surface area contributed by atoms with Crippen molar-refractivity contribution in [3.63, 3.8) is 0 Å². The van der Waals surface area contributed by atoms with Crippen LogP contribution in [0.15, 0.2) is 42.0 Å². The number of piperazine rings is 1. The molecule has 1 amide bonds. The Morgan fingerprint density at radius 3 is 2.54 bits per heavy atom. The van der Waals surface area contributed by atoms with Crippen molar-refractivity contribution in [2.45, 2.75) is 6.04 Å². The van der Waals surface area contributed by atoms with Gasteiger partial charge in [0.15, 0.2) is 0 Å². The van der Waals surface area contributed by atoms with Crippen LogP contribution in [0.2, 0.25) is 5.02 Å². The molecule has 8 heteroatoms. The minimum atomic E-state index is -0.444. The first-order valence-electron chi connectivity index (χ1n) is 8.35. The average molecular weight is 388 g/mol. The first kappa shape index (κ1) is 17.2. The van der Waals surface area contributed by atoms with Crippen molar-refractivity contribution in [3.8, 4) is 0 Å². The summed E-state index contributed by atoms with van der Waals surface area (Å²) < 4.78 is 0. The lowest BCUT2D eigenvalue weighted by Gasteiger charge is -2.38. The van der Waals surface area contributed by atoms with Crippen LogP contribution in [0.5, 0.6) is 0 Å². The Morgan fingerprint density at radius 2 is 1.85 bits per heavy atom. The number of hydrogen-bond acceptors (Lipinski definition) is 6. The summed E-state index contributed by atoms with van der Waals surface area (Å²) in [5, 5.41) is 3.75. The number of halogens is 1. The smallest absolute Gasteiger partial charge is 0.239 e. The van der Waals surface area contributed by atoms with Crippen LogP contribution in [-0.4, -0.2) is 47.0 Å². The van der Waals surface area contributed by atoms with E-state index in [-0.39, 0.29) is 5.91 Å². The van der Waals surface area contributed by atoms with Crippen LogP contribution in [0.3, 0.4) is 0 Å². The number of primary amides is 1. The van der Waals surface area contributed by atoms with Gasteiger partial charge in [0.1, 0.15) is 23.0 Å². The van der Waals surface area contributed by atoms with E-state index in [4.69, 9.17) is 17.3 Å². The maximum absolute atomic E-state index is 12.1. The van der Waals surface area contributed by atoms with E-state index in [1.807, 2.05) is 17.5 Å². The zero-order chi connectivity index (χ0) is 18.1. The van der Waals surface area contributed by atoms with Gasteiger partial charge in [0.2, 0.25) is 5.91 Å². The van der Waals surface area contributed by atoms with Crippen molar-refractivity contribution in [3.05, 3.63) is 52.6 Å². The minimum absolute atomic E-state index is 0.344. The molecule has 3 heterocycles. The molecule has 1 aliphatic heterocycles. The molecular formula is C18H18ClN5OS. The van der Waals surface area contributed by atoms with Gasteiger partial charge in [-0.25, -0.2) is 9.97 Å². The maximum atomic E-state index is 12.1. The van der Waals surface area contributed by atoms with E-state index in [9.17, 15) is 4.79 Å². The van der Waals surface area contributed by atoms with Crippen LogP contribution >= 0.6 is 22.9 Å². The molecule has 1 fully saturated rings. The normalized spacial score (nSPS) is 16.7. The van der Waals surface area contributed by atoms with Gasteiger partial charge in [-0.3, -0.25) is 9.69 Å². The van der Waals surface area contributed by atoms with Gasteiger partial charge in [0.05, 0.1) is 5.39 Å². The standard InChI is InChI=1S/C18H18ClN5OS/c19-13-3-1-12(2-4-13)15(16(20)25)23-6-8-24(9-7-23)17-14-5-10-26-18(14)22-11-21-17/h1-5,10-11,15H,6-9H2,(H2,20,25). The average Bonchev–Trinajstić information content (AvgIpc) is 3.13. The molecule has 0 aliphatic carbocycles. The lowest BCUT2D eigenvalue weighted by Crippen LogP contribution is -2.50. The molecular weight excluding hydrogens is 370 g/mol. The van der Waals surface area contributed by atoms with Crippen LogP contribution in [0, 0.1) is 0 Å². The number of amides is 1. The summed E-state index contributed by atoms with van der Waals surface area (Å²) in [6.07, 6.45) is 1.61. The van der Waals surface area contributed by atoms with Gasteiger partial charge >= 0.3 is 0 Å². The van der Waals surface area contributed by atoms with Gasteiger partial charge in [-0.2, -0.15) is 0 Å². The van der Waals surface area contributed by atoms with E-state index in [2.05, 4.69) is 25.8 Å². The lowest BCUT2D eigenvalue weighted by molar-refractivity contribution is -0.123. The quantitative estimate of drug-likeness (QED) is 0.744. The Balaban J connectivity index is 1.52. The highest BCUT2D eigenvalue weighted by molar-refractivity contribution is 7.16. The van der Waals surface area contributed by atoms with Gasteiger partial charge in [-0.1, -0.05) is 23.7 Å². The number of fused-ring (bicyclic) bond motifs is 1. The summed E-state index contributed by atoms with van der Waals surface area (Å²) in [6.45, 7) is 3.01. The Labute approximate surface area is 160 Å². The second kappa shape index (κ2) is 7.19. The molecule has 1 saturated heterocycles. The largest absolute Gasteiger partial charge is 0.368 e. The third-order valence-electron chi connectivity index (χ3n) is 4.67. The molecule has 134 valence electrons. The second-order valence-electron chi connectivity index (χ2n) is 6.22. The van der Waals surface area contributed by atoms with Gasteiger partial charge in [0.25, 0.3) is 0 Å². The van der Waals surface area contributed by atoms with Crippen molar-refractivity contribution in [1.82, 2.24) is 14.9 Å². The van der Waals surface area contributed by atoms with Gasteiger partial charge in [0, 0.05) is 31.2 Å². The monoisotopic (exact) mass is 387 g/mol. The summed E-state index contributed by atoms with van der Waals surface area (Å²) >= 11 is 7.57. The molecule has 0 saturated carbocycles. The number of aromatic nitrogens is 2. The van der Waals surface area contributed by atoms with E-state index in [0.717, 1.165) is 47.8 Å². The molecule has 0 radical (unpaired) electrons. The zero-order valence-electron chi connectivity index (χ0n) is 14.0. The molecule has 2 N–H and O–H groups in total. The minimum Gasteiger partial charge on any atom is -0.368 e. The molecule has 0 spiro atoms. The molecule has 4 rings (SSSR count). The molecule has 1 aromatic carbocycles. The fourth-order valence-corrected chi connectivity index (χ4v) is 4.27. The van der Waals surface area contributed by atoms with Crippen molar-refractivity contribution < 1.29 is 4.79 Å². The Hall–Kier alpha value is -2.22. The number of anilines is 1. The van der Waals surface area contributed by atoms with Crippen LogP contribution in [0.25, 0.3) is 10.2 Å². The fourth-order valence-electron chi connectivity index (χ4n) is 3.42. The first-order valence-corrected chi connectivity index (χ1v) is 9.61. The highest BCUT2D eigenvalue weighted by Crippen LogP contribution is 2.29. The number of carbonyl (C=O) groups is 1. The van der Waals surface area contributed by atoms with Crippen LogP contribution in [-0.2, 0) is 4.79 Å². The van der Waals surface area contributed by atoms with E-state index in [1.54, 1.807) is 29.8 Å². The second-order valence-corrected chi connectivity index (χ2v) is 7.55.